The van der Waals surface area contributed by atoms with E-state index in [0.29, 0.717) is 5.71 Å². The van der Waals surface area contributed by atoms with Gasteiger partial charge in [-0.15, -0.1) is 0 Å². The summed E-state index contributed by atoms with van der Waals surface area (Å²) in [7, 11) is -3.69. The molecular formula is C14H16N2O3S. The highest BCUT2D eigenvalue weighted by molar-refractivity contribution is 7.89. The highest BCUT2D eigenvalue weighted by Gasteiger charge is 2.44. The van der Waals surface area contributed by atoms with E-state index in [1.807, 2.05) is 6.92 Å². The fourth-order valence-corrected chi connectivity index (χ4v) is 3.72. The molecule has 0 heterocycles. The lowest BCUT2D eigenvalue weighted by atomic mass is 9.97. The fourth-order valence-electron chi connectivity index (χ4n) is 2.90. The van der Waals surface area contributed by atoms with Gasteiger partial charge in [0, 0.05) is 11.8 Å². The van der Waals surface area contributed by atoms with Crippen LogP contribution < -0.4 is 4.83 Å². The number of carbonyl (C=O) groups is 1. The van der Waals surface area contributed by atoms with E-state index in [2.05, 4.69) is 9.93 Å². The monoisotopic (exact) mass is 292 g/mol. The number of hydrogen-bond donors (Lipinski definition) is 1. The lowest BCUT2D eigenvalue weighted by Crippen LogP contribution is -2.27. The molecule has 6 heteroatoms. The number of rotatable bonds is 3. The number of nitrogens with one attached hydrogen (secondary N) is 1. The van der Waals surface area contributed by atoms with Crippen molar-refractivity contribution in [2.24, 2.45) is 16.9 Å². The van der Waals surface area contributed by atoms with E-state index in [-0.39, 0.29) is 22.5 Å². The van der Waals surface area contributed by atoms with Gasteiger partial charge in [-0.1, -0.05) is 17.7 Å². The van der Waals surface area contributed by atoms with Gasteiger partial charge in [0.25, 0.3) is 10.0 Å². The van der Waals surface area contributed by atoms with Crippen LogP contribution in [0.2, 0.25) is 0 Å². The summed E-state index contributed by atoms with van der Waals surface area (Å²) in [6.45, 7) is 1.89. The molecule has 2 saturated carbocycles. The average Bonchev–Trinajstić information content (AvgIpc) is 2.98. The van der Waals surface area contributed by atoms with Crippen LogP contribution in [0, 0.1) is 18.8 Å². The summed E-state index contributed by atoms with van der Waals surface area (Å²) in [5.74, 6) is 0.198. The van der Waals surface area contributed by atoms with Crippen LogP contribution in [0.4, 0.5) is 0 Å². The summed E-state index contributed by atoms with van der Waals surface area (Å²) >= 11 is 0. The molecule has 2 aliphatic carbocycles. The summed E-state index contributed by atoms with van der Waals surface area (Å²) in [4.78, 5) is 14.2. The van der Waals surface area contributed by atoms with E-state index in [9.17, 15) is 13.2 Å². The van der Waals surface area contributed by atoms with E-state index in [0.717, 1.165) is 24.8 Å². The van der Waals surface area contributed by atoms with Crippen molar-refractivity contribution < 1.29 is 13.2 Å². The van der Waals surface area contributed by atoms with E-state index in [4.69, 9.17) is 0 Å². The SMILES string of the molecule is Cc1ccc(S(=O)(=O)N/N=C2/C(=O)[C@H]3CC[C@@H]2C3)cc1. The molecule has 20 heavy (non-hydrogen) atoms. The summed E-state index contributed by atoms with van der Waals surface area (Å²) in [5.41, 5.74) is 1.38. The number of carbonyl (C=O) groups excluding carboxylic acids is 1. The van der Waals surface area contributed by atoms with Crippen molar-refractivity contribution >= 4 is 21.5 Å². The van der Waals surface area contributed by atoms with Crippen LogP contribution in [-0.2, 0) is 14.8 Å². The van der Waals surface area contributed by atoms with Crippen molar-refractivity contribution in [3.8, 4) is 0 Å². The predicted molar refractivity (Wildman–Crippen MR) is 74.8 cm³/mol. The van der Waals surface area contributed by atoms with Crippen LogP contribution in [-0.4, -0.2) is 19.9 Å². The number of benzene rings is 1. The van der Waals surface area contributed by atoms with Crippen LogP contribution in [0.1, 0.15) is 24.8 Å². The largest absolute Gasteiger partial charge is 0.292 e. The molecule has 0 radical (unpaired) electrons. The van der Waals surface area contributed by atoms with Crippen molar-refractivity contribution in [3.05, 3.63) is 29.8 Å². The number of hydrazone groups is 1. The first-order valence-electron chi connectivity index (χ1n) is 6.67. The molecule has 0 unspecified atom stereocenters. The van der Waals surface area contributed by atoms with Crippen molar-refractivity contribution in [1.29, 1.82) is 0 Å². The average molecular weight is 292 g/mol. The maximum Gasteiger partial charge on any atom is 0.276 e. The van der Waals surface area contributed by atoms with Gasteiger partial charge in [-0.3, -0.25) is 4.79 Å². The van der Waals surface area contributed by atoms with Crippen LogP contribution in [0.15, 0.2) is 34.3 Å². The zero-order valence-electron chi connectivity index (χ0n) is 11.2. The van der Waals surface area contributed by atoms with Crippen molar-refractivity contribution in [2.75, 3.05) is 0 Å². The molecule has 0 aliphatic heterocycles. The summed E-state index contributed by atoms with van der Waals surface area (Å²) in [6.07, 6.45) is 2.67. The Morgan fingerprint density at radius 2 is 1.80 bits per heavy atom. The molecular weight excluding hydrogens is 276 g/mol. The number of hydrogen-bond acceptors (Lipinski definition) is 4. The number of fused-ring (bicyclic) bond motifs is 2. The minimum absolute atomic E-state index is 0.00727. The first kappa shape index (κ1) is 13.3. The molecule has 3 rings (SSSR count). The molecule has 1 aromatic rings. The first-order valence-corrected chi connectivity index (χ1v) is 8.16. The normalized spacial score (nSPS) is 27.2. The Bertz CT molecular complexity index is 677. The van der Waals surface area contributed by atoms with Gasteiger partial charge in [0.2, 0.25) is 0 Å². The van der Waals surface area contributed by atoms with E-state index >= 15 is 0 Å². The third kappa shape index (κ3) is 2.24. The lowest BCUT2D eigenvalue weighted by molar-refractivity contribution is -0.115. The lowest BCUT2D eigenvalue weighted by Gasteiger charge is -2.11. The maximum absolute atomic E-state index is 12.1. The molecule has 0 amide bonds. The smallest absolute Gasteiger partial charge is 0.276 e. The van der Waals surface area contributed by atoms with Crippen LogP contribution in [0.5, 0.6) is 0 Å². The Morgan fingerprint density at radius 1 is 1.15 bits per heavy atom. The zero-order valence-corrected chi connectivity index (χ0v) is 12.0. The van der Waals surface area contributed by atoms with Crippen molar-refractivity contribution in [1.82, 2.24) is 4.83 Å². The van der Waals surface area contributed by atoms with Crippen molar-refractivity contribution in [2.45, 2.75) is 31.1 Å². The Morgan fingerprint density at radius 3 is 2.40 bits per heavy atom. The predicted octanol–water partition coefficient (Wildman–Crippen LogP) is 1.63. The number of ketones is 1. The second kappa shape index (κ2) is 4.70. The molecule has 0 saturated heterocycles. The summed E-state index contributed by atoms with van der Waals surface area (Å²) in [6, 6.07) is 6.51. The van der Waals surface area contributed by atoms with E-state index in [1.165, 1.54) is 12.1 Å². The molecule has 0 spiro atoms. The first-order chi connectivity index (χ1) is 9.47. The van der Waals surface area contributed by atoms with Gasteiger partial charge in [-0.25, -0.2) is 0 Å². The van der Waals surface area contributed by atoms with Gasteiger partial charge in [0.05, 0.1) is 4.90 Å². The molecule has 5 nitrogen and oxygen atoms in total. The number of aryl methyl sites for hydroxylation is 1. The quantitative estimate of drug-likeness (QED) is 0.860. The second-order valence-electron chi connectivity index (χ2n) is 5.48. The van der Waals surface area contributed by atoms with Gasteiger partial charge < -0.3 is 0 Å². The van der Waals surface area contributed by atoms with Gasteiger partial charge >= 0.3 is 0 Å². The van der Waals surface area contributed by atoms with Gasteiger partial charge in [-0.2, -0.15) is 18.4 Å². The Kier molecular flexibility index (Phi) is 3.12. The third-order valence-electron chi connectivity index (χ3n) is 4.06. The Hall–Kier alpha value is -1.69. The Labute approximate surface area is 118 Å². The van der Waals surface area contributed by atoms with Gasteiger partial charge in [0.1, 0.15) is 5.71 Å². The molecule has 2 fully saturated rings. The molecule has 2 aliphatic rings. The van der Waals surface area contributed by atoms with Crippen LogP contribution >= 0.6 is 0 Å². The number of sulfonamides is 1. The highest BCUT2D eigenvalue weighted by Crippen LogP contribution is 2.40. The van der Waals surface area contributed by atoms with E-state index < -0.39 is 10.0 Å². The fraction of sp³-hybridized carbons (Fsp3) is 0.429. The molecule has 2 bridgehead atoms. The standard InChI is InChI=1S/C14H16N2O3S/c1-9-2-6-12(7-3-9)20(18,19)16-15-13-10-4-5-11(8-10)14(13)17/h2-3,6-7,10-11,16H,4-5,8H2,1H3/b15-13+/t10-,11+/m1/s1. The molecule has 106 valence electrons. The van der Waals surface area contributed by atoms with Gasteiger partial charge in [0.15, 0.2) is 5.78 Å². The second-order valence-corrected chi connectivity index (χ2v) is 7.14. The highest BCUT2D eigenvalue weighted by atomic mass is 32.2. The van der Waals surface area contributed by atoms with Crippen molar-refractivity contribution in [3.63, 3.8) is 0 Å². The number of Topliss-reactive ketones (excluding diaryl/α,β-unsaturated/α-hetero) is 1. The third-order valence-corrected chi connectivity index (χ3v) is 5.28. The topological polar surface area (TPSA) is 75.6 Å². The minimum Gasteiger partial charge on any atom is -0.292 e. The molecule has 1 N–H and O–H groups in total. The minimum atomic E-state index is -3.69. The molecule has 1 aromatic carbocycles. The molecule has 0 aromatic heterocycles. The van der Waals surface area contributed by atoms with Crippen LogP contribution in [0.25, 0.3) is 0 Å². The maximum atomic E-state index is 12.1. The molecule has 2 atom stereocenters. The zero-order chi connectivity index (χ0) is 14.3. The number of nitrogens with zero attached hydrogens (tertiary/aromatic N) is 1. The van der Waals surface area contributed by atoms with E-state index in [1.54, 1.807) is 12.1 Å². The van der Waals surface area contributed by atoms with Crippen LogP contribution in [0.3, 0.4) is 0 Å². The summed E-state index contributed by atoms with van der Waals surface area (Å²) in [5, 5.41) is 3.89. The summed E-state index contributed by atoms with van der Waals surface area (Å²) < 4.78 is 24.2. The van der Waals surface area contributed by atoms with Gasteiger partial charge in [-0.05, 0) is 38.3 Å². The Balaban J connectivity index is 1.81.